The van der Waals surface area contributed by atoms with Gasteiger partial charge in [-0.2, -0.15) is 5.10 Å². The molecule has 0 radical (unpaired) electrons. The molecule has 11 heteroatoms. The number of benzene rings is 2. The Bertz CT molecular complexity index is 1130. The highest BCUT2D eigenvalue weighted by Crippen LogP contribution is 2.25. The number of ether oxygens (including phenoxy) is 1. The summed E-state index contributed by atoms with van der Waals surface area (Å²) in [6.45, 7) is 4.82. The van der Waals surface area contributed by atoms with E-state index in [1.165, 1.54) is 31.2 Å². The third kappa shape index (κ3) is 7.22. The average molecular weight is 578 g/mol. The third-order valence-corrected chi connectivity index (χ3v) is 6.02. The van der Waals surface area contributed by atoms with Gasteiger partial charge in [-0.1, -0.05) is 17.8 Å². The van der Waals surface area contributed by atoms with Gasteiger partial charge in [-0.15, -0.1) is 16.8 Å². The lowest BCUT2D eigenvalue weighted by atomic mass is 10.2. The van der Waals surface area contributed by atoms with E-state index in [0.717, 1.165) is 15.1 Å². The maximum Gasteiger partial charge on any atom is 0.250 e. The average Bonchev–Trinajstić information content (AvgIpc) is 3.20. The van der Waals surface area contributed by atoms with Gasteiger partial charge in [0, 0.05) is 15.8 Å². The molecule has 0 bridgehead atoms. The second kappa shape index (κ2) is 12.3. The van der Waals surface area contributed by atoms with Crippen molar-refractivity contribution in [1.82, 2.24) is 20.2 Å². The molecule has 0 aliphatic carbocycles. The maximum absolute atomic E-state index is 12.2. The van der Waals surface area contributed by atoms with Crippen molar-refractivity contribution in [3.8, 4) is 11.5 Å². The first-order chi connectivity index (χ1) is 16.0. The van der Waals surface area contributed by atoms with E-state index in [1.807, 2.05) is 28.8 Å². The molecule has 1 aromatic heterocycles. The van der Waals surface area contributed by atoms with Crippen molar-refractivity contribution >= 4 is 52.2 Å². The van der Waals surface area contributed by atoms with E-state index in [4.69, 9.17) is 4.74 Å². The molecule has 0 saturated carbocycles. The number of thioether (sulfide) groups is 1. The number of hydrogen-bond acceptors (Lipinski definition) is 8. The number of anilines is 1. The monoisotopic (exact) mass is 578 g/mol. The van der Waals surface area contributed by atoms with Crippen LogP contribution in [0.1, 0.15) is 11.4 Å². The van der Waals surface area contributed by atoms with Crippen LogP contribution in [-0.2, 0) is 17.9 Å². The highest BCUT2D eigenvalue weighted by atomic mass is 127. The van der Waals surface area contributed by atoms with Gasteiger partial charge in [-0.25, -0.2) is 5.43 Å². The first kappa shape index (κ1) is 24.6. The van der Waals surface area contributed by atoms with Crippen LogP contribution in [0.15, 0.2) is 65.4 Å². The van der Waals surface area contributed by atoms with Gasteiger partial charge in [0.25, 0.3) is 5.91 Å². The third-order valence-electron chi connectivity index (χ3n) is 4.34. The van der Waals surface area contributed by atoms with Crippen LogP contribution in [-0.4, -0.2) is 44.9 Å². The number of carbonyl (C=O) groups is 1. The highest BCUT2D eigenvalue weighted by molar-refractivity contribution is 14.1. The maximum atomic E-state index is 12.2. The number of nitrogens with one attached hydrogen (secondary N) is 2. The van der Waals surface area contributed by atoms with Crippen LogP contribution >= 0.6 is 34.4 Å². The van der Waals surface area contributed by atoms with Crippen molar-refractivity contribution in [2.24, 2.45) is 5.10 Å². The molecule has 9 nitrogen and oxygen atoms in total. The summed E-state index contributed by atoms with van der Waals surface area (Å²) < 4.78 is 8.13. The van der Waals surface area contributed by atoms with E-state index in [0.29, 0.717) is 29.6 Å². The minimum absolute atomic E-state index is 0.0341. The minimum atomic E-state index is -0.284. The molecule has 172 valence electrons. The lowest BCUT2D eigenvalue weighted by Crippen LogP contribution is -2.20. The normalized spacial score (nSPS) is 10.8. The second-order valence-electron chi connectivity index (χ2n) is 6.67. The number of phenolic OH excluding ortho intramolecular Hbond substituents is 1. The van der Waals surface area contributed by atoms with E-state index < -0.39 is 0 Å². The molecule has 0 unspecified atom stereocenters. The number of halogens is 1. The Morgan fingerprint density at radius 2 is 2.09 bits per heavy atom. The first-order valence-electron chi connectivity index (χ1n) is 9.84. The van der Waals surface area contributed by atoms with Gasteiger partial charge in [0.1, 0.15) is 0 Å². The molecular weight excluding hydrogens is 555 g/mol. The van der Waals surface area contributed by atoms with E-state index >= 15 is 0 Å². The Morgan fingerprint density at radius 3 is 2.82 bits per heavy atom. The second-order valence-corrected chi connectivity index (χ2v) is 8.86. The summed E-state index contributed by atoms with van der Waals surface area (Å²) in [6.07, 6.45) is 3.23. The largest absolute Gasteiger partial charge is 0.504 e. The standard InChI is InChI=1S/C22H23IN6O3S/c1-3-10-29-20(13-24-17-7-5-16(23)6-8-17)26-28-22(29)33-14-21(31)27-25-12-15-4-9-18(30)19(11-15)32-2/h3-9,11-12,24,30H,1,10,13-14H2,2H3,(H,27,31)/b25-12+. The van der Waals surface area contributed by atoms with Gasteiger partial charge in [-0.3, -0.25) is 4.79 Å². The van der Waals surface area contributed by atoms with Gasteiger partial charge in [0.2, 0.25) is 0 Å². The Balaban J connectivity index is 1.54. The van der Waals surface area contributed by atoms with Crippen molar-refractivity contribution in [2.75, 3.05) is 18.2 Å². The smallest absolute Gasteiger partial charge is 0.250 e. The van der Waals surface area contributed by atoms with Crippen LogP contribution in [0.4, 0.5) is 5.69 Å². The molecule has 1 amide bonds. The van der Waals surface area contributed by atoms with Crippen LogP contribution in [0, 0.1) is 3.57 Å². The molecule has 0 atom stereocenters. The molecule has 0 aliphatic rings. The Morgan fingerprint density at radius 1 is 1.30 bits per heavy atom. The molecule has 3 aromatic rings. The fourth-order valence-corrected chi connectivity index (χ4v) is 3.85. The van der Waals surface area contributed by atoms with Gasteiger partial charge in [0.15, 0.2) is 22.5 Å². The fourth-order valence-electron chi connectivity index (χ4n) is 2.73. The Kier molecular flexibility index (Phi) is 9.13. The fraction of sp³-hybridized carbons (Fsp3) is 0.182. The minimum Gasteiger partial charge on any atom is -0.504 e. The summed E-state index contributed by atoms with van der Waals surface area (Å²) in [6, 6.07) is 12.8. The van der Waals surface area contributed by atoms with Crippen LogP contribution in [0.3, 0.4) is 0 Å². The van der Waals surface area contributed by atoms with Crippen LogP contribution in [0.5, 0.6) is 11.5 Å². The number of nitrogens with zero attached hydrogens (tertiary/aromatic N) is 4. The van der Waals surface area contributed by atoms with Crippen molar-refractivity contribution in [3.63, 3.8) is 0 Å². The van der Waals surface area contributed by atoms with Crippen LogP contribution in [0.2, 0.25) is 0 Å². The Labute approximate surface area is 209 Å². The summed E-state index contributed by atoms with van der Waals surface area (Å²) >= 11 is 3.53. The molecule has 0 saturated heterocycles. The lowest BCUT2D eigenvalue weighted by Gasteiger charge is -2.09. The van der Waals surface area contributed by atoms with E-state index in [1.54, 1.807) is 18.2 Å². The van der Waals surface area contributed by atoms with Crippen molar-refractivity contribution in [1.29, 1.82) is 0 Å². The number of aromatic nitrogens is 3. The topological polar surface area (TPSA) is 114 Å². The molecule has 2 aromatic carbocycles. The number of allylic oxidation sites excluding steroid dienone is 1. The molecule has 0 spiro atoms. The number of hydrogen-bond donors (Lipinski definition) is 3. The molecule has 3 rings (SSSR count). The molecule has 0 fully saturated rings. The van der Waals surface area contributed by atoms with Gasteiger partial charge >= 0.3 is 0 Å². The van der Waals surface area contributed by atoms with Crippen LogP contribution < -0.4 is 15.5 Å². The summed E-state index contributed by atoms with van der Waals surface area (Å²) in [5, 5.41) is 26.0. The molecular formula is C22H23IN6O3S. The van der Waals surface area contributed by atoms with Crippen molar-refractivity contribution in [2.45, 2.75) is 18.2 Å². The number of rotatable bonds is 11. The number of carbonyl (C=O) groups excluding carboxylic acids is 1. The van der Waals surface area contributed by atoms with E-state index in [-0.39, 0.29) is 17.4 Å². The lowest BCUT2D eigenvalue weighted by molar-refractivity contribution is -0.118. The molecule has 33 heavy (non-hydrogen) atoms. The number of aromatic hydroxyl groups is 1. The first-order valence-corrected chi connectivity index (χ1v) is 11.9. The van der Waals surface area contributed by atoms with Crippen molar-refractivity contribution < 1.29 is 14.6 Å². The Hall–Kier alpha value is -3.06. The SMILES string of the molecule is C=CCn1c(CNc2ccc(I)cc2)nnc1SCC(=O)N/N=C/c1ccc(O)c(OC)c1. The van der Waals surface area contributed by atoms with Gasteiger partial charge in [0.05, 0.1) is 25.6 Å². The van der Waals surface area contributed by atoms with E-state index in [2.05, 4.69) is 55.2 Å². The summed E-state index contributed by atoms with van der Waals surface area (Å²) in [5.74, 6) is 0.946. The zero-order valence-corrected chi connectivity index (χ0v) is 20.8. The summed E-state index contributed by atoms with van der Waals surface area (Å²) in [4.78, 5) is 12.2. The predicted molar refractivity (Wildman–Crippen MR) is 138 cm³/mol. The molecule has 3 N–H and O–H groups in total. The number of phenols is 1. The van der Waals surface area contributed by atoms with Gasteiger partial charge in [-0.05, 0) is 70.6 Å². The van der Waals surface area contributed by atoms with Gasteiger partial charge < -0.3 is 19.7 Å². The molecule has 0 aliphatic heterocycles. The predicted octanol–water partition coefficient (Wildman–Crippen LogP) is 3.64. The quantitative estimate of drug-likeness (QED) is 0.105. The zero-order chi connectivity index (χ0) is 23.6. The zero-order valence-electron chi connectivity index (χ0n) is 17.9. The number of methoxy groups -OCH3 is 1. The summed E-state index contributed by atoms with van der Waals surface area (Å²) in [5.41, 5.74) is 4.14. The highest BCUT2D eigenvalue weighted by Gasteiger charge is 2.13. The van der Waals surface area contributed by atoms with E-state index in [9.17, 15) is 9.90 Å². The van der Waals surface area contributed by atoms with Crippen molar-refractivity contribution in [3.05, 3.63) is 70.1 Å². The molecule has 1 heterocycles. The van der Waals surface area contributed by atoms with Crippen LogP contribution in [0.25, 0.3) is 0 Å². The number of amides is 1. The number of hydrazone groups is 1. The summed E-state index contributed by atoms with van der Waals surface area (Å²) in [7, 11) is 1.46.